The van der Waals surface area contributed by atoms with Gasteiger partial charge >= 0.3 is 0 Å². The van der Waals surface area contributed by atoms with E-state index in [1.807, 2.05) is 19.1 Å². The topological polar surface area (TPSA) is 99.2 Å². The van der Waals surface area contributed by atoms with Gasteiger partial charge in [-0.1, -0.05) is 36.4 Å². The van der Waals surface area contributed by atoms with Crippen molar-refractivity contribution in [1.29, 1.82) is 0 Å². The zero-order valence-corrected chi connectivity index (χ0v) is 37.4. The molecule has 2 N–H and O–H groups in total. The molecule has 2 atom stereocenters. The highest BCUT2D eigenvalue weighted by Gasteiger charge is 2.37. The molecule has 0 saturated carbocycles. The van der Waals surface area contributed by atoms with Gasteiger partial charge in [-0.05, 0) is 132 Å². The Hall–Kier alpha value is -5.76. The smallest absolute Gasteiger partial charge is 0.162 e. The van der Waals surface area contributed by atoms with Gasteiger partial charge in [0.05, 0.1) is 16.9 Å². The Kier molecular flexibility index (Phi) is 10.8. The van der Waals surface area contributed by atoms with E-state index in [9.17, 15) is 14.6 Å². The second-order valence-electron chi connectivity index (χ2n) is 18.0. The third kappa shape index (κ3) is 7.50. The van der Waals surface area contributed by atoms with Crippen molar-refractivity contribution in [3.05, 3.63) is 152 Å². The number of aryl methyl sites for hydroxylation is 2. The van der Waals surface area contributed by atoms with Crippen LogP contribution in [0.3, 0.4) is 0 Å². The first-order valence-corrected chi connectivity index (χ1v) is 22.9. The molecule has 64 heavy (non-hydrogen) atoms. The lowest BCUT2D eigenvalue weighted by Crippen LogP contribution is -2.52. The summed E-state index contributed by atoms with van der Waals surface area (Å²) >= 11 is 1.76. The number of likely N-dealkylation sites (tertiary alicyclic amines) is 1. The van der Waals surface area contributed by atoms with E-state index in [-0.39, 0.29) is 22.9 Å². The number of β-amino-alcohol motifs (C(OH)–C–C–N with tert-alkyl or cyclic N) is 1. The summed E-state index contributed by atoms with van der Waals surface area (Å²) in [5.41, 5.74) is 7.64. The standard InChI is InChI=1S/C51H51F3N6O3S/c1-28-31(4)64-50-45(28)47(55-30(3)49-57-56-32(5)60(49)50)35-10-12-38(13-11-35)59-22-18-51(62,19-23-59)27-58-20-16-34(17-21-58)33-6-8-36(9-7-33)48-44(46-41(53)24-37(52)25-42(46)54)29(2)40-26-39(61)14-15-43(40)63-48/h6-15,24-26,30,34,48,61-62H,16-23,27H2,1-5H3/t30-,48-/m0/s1. The Balaban J connectivity index is 0.772. The molecule has 0 bridgehead atoms. The quantitative estimate of drug-likeness (QED) is 0.165. The van der Waals surface area contributed by atoms with E-state index in [2.05, 4.69) is 81.7 Å². The summed E-state index contributed by atoms with van der Waals surface area (Å²) in [6, 6.07) is 22.6. The lowest BCUT2D eigenvalue weighted by Gasteiger charge is -2.43. The number of aromatic nitrogens is 3. The molecule has 2 fully saturated rings. The van der Waals surface area contributed by atoms with Crippen molar-refractivity contribution in [1.82, 2.24) is 19.7 Å². The molecule has 13 heteroatoms. The van der Waals surface area contributed by atoms with Gasteiger partial charge in [-0.25, -0.2) is 13.2 Å². The van der Waals surface area contributed by atoms with Gasteiger partial charge in [-0.2, -0.15) is 0 Å². The zero-order chi connectivity index (χ0) is 44.6. The number of phenols is 1. The lowest BCUT2D eigenvalue weighted by atomic mass is 9.84. The minimum absolute atomic E-state index is 0.00435. The molecule has 0 aliphatic carbocycles. The molecule has 2 saturated heterocycles. The Morgan fingerprint density at radius 3 is 2.17 bits per heavy atom. The summed E-state index contributed by atoms with van der Waals surface area (Å²) in [6.45, 7) is 14.1. The van der Waals surface area contributed by atoms with Crippen molar-refractivity contribution in [3.63, 3.8) is 0 Å². The van der Waals surface area contributed by atoms with Crippen molar-refractivity contribution in [3.8, 4) is 16.5 Å². The maximum absolute atomic E-state index is 15.3. The Labute approximate surface area is 375 Å². The molecule has 2 aromatic heterocycles. The van der Waals surface area contributed by atoms with Gasteiger partial charge in [0.1, 0.15) is 51.9 Å². The van der Waals surface area contributed by atoms with Crippen molar-refractivity contribution in [2.45, 2.75) is 84.0 Å². The van der Waals surface area contributed by atoms with E-state index in [1.165, 1.54) is 28.1 Å². The third-order valence-electron chi connectivity index (χ3n) is 13.9. The van der Waals surface area contributed by atoms with Crippen LogP contribution in [-0.4, -0.2) is 73.9 Å². The highest BCUT2D eigenvalue weighted by molar-refractivity contribution is 7.15. The molecule has 6 heterocycles. The molecule has 6 aromatic rings. The first kappa shape index (κ1) is 42.2. The molecule has 4 aliphatic heterocycles. The number of piperidine rings is 2. The zero-order valence-electron chi connectivity index (χ0n) is 36.6. The van der Waals surface area contributed by atoms with Gasteiger partial charge in [0, 0.05) is 64.6 Å². The summed E-state index contributed by atoms with van der Waals surface area (Å²) in [5.74, 6) is -0.519. The normalized spacial score (nSPS) is 20.0. The number of nitrogens with zero attached hydrogens (tertiary/aromatic N) is 6. The predicted octanol–water partition coefficient (Wildman–Crippen LogP) is 10.6. The summed E-state index contributed by atoms with van der Waals surface area (Å²) in [7, 11) is 0. The van der Waals surface area contributed by atoms with Gasteiger partial charge in [0.15, 0.2) is 5.82 Å². The maximum atomic E-state index is 15.3. The average Bonchev–Trinajstić information content (AvgIpc) is 3.77. The first-order valence-electron chi connectivity index (χ1n) is 22.1. The van der Waals surface area contributed by atoms with Crippen LogP contribution in [0.1, 0.15) is 113 Å². The highest BCUT2D eigenvalue weighted by Crippen LogP contribution is 2.49. The van der Waals surface area contributed by atoms with Crippen molar-refractivity contribution < 1.29 is 28.1 Å². The molecular weight excluding hydrogens is 834 g/mol. The highest BCUT2D eigenvalue weighted by atomic mass is 32.1. The largest absolute Gasteiger partial charge is 0.508 e. The fraction of sp³-hybridized carbons (Fsp3) is 0.353. The number of aromatic hydroxyl groups is 1. The van der Waals surface area contributed by atoms with Crippen LogP contribution in [0, 0.1) is 38.2 Å². The first-order chi connectivity index (χ1) is 30.7. The van der Waals surface area contributed by atoms with Crippen LogP contribution in [0.25, 0.3) is 16.1 Å². The van der Waals surface area contributed by atoms with Crippen LogP contribution in [0.4, 0.5) is 18.9 Å². The Bertz CT molecular complexity index is 2810. The van der Waals surface area contributed by atoms with Crippen molar-refractivity contribution >= 4 is 33.9 Å². The number of halogens is 3. The van der Waals surface area contributed by atoms with E-state index < -0.39 is 29.2 Å². The van der Waals surface area contributed by atoms with Gasteiger partial charge in [-0.15, -0.1) is 21.5 Å². The minimum Gasteiger partial charge on any atom is -0.508 e. The fourth-order valence-electron chi connectivity index (χ4n) is 10.2. The summed E-state index contributed by atoms with van der Waals surface area (Å²) < 4.78 is 53.2. The molecule has 0 unspecified atom stereocenters. The number of benzene rings is 4. The van der Waals surface area contributed by atoms with Gasteiger partial charge in [-0.3, -0.25) is 9.56 Å². The number of thiophene rings is 1. The molecule has 0 radical (unpaired) electrons. The summed E-state index contributed by atoms with van der Waals surface area (Å²) in [6.07, 6.45) is 2.39. The number of rotatable bonds is 7. The average molecular weight is 885 g/mol. The molecule has 10 rings (SSSR count). The SMILES string of the molecule is CC1=C(c2c(F)cc(F)cc2F)[C@H](c2ccc(C3CCN(CC4(O)CCN(c5ccc(C6=N[C@@H](C)c7nnc(C)n7-c7sc(C)c(C)c76)cc5)CC4)CC3)cc2)Oc2ccc(O)cc21. The molecule has 0 spiro atoms. The Morgan fingerprint density at radius 1 is 0.812 bits per heavy atom. The minimum atomic E-state index is -1.02. The number of ether oxygens (including phenoxy) is 1. The molecule has 4 aliphatic rings. The number of allylic oxidation sites excluding steroid dienone is 1. The number of aliphatic hydroxyl groups is 1. The van der Waals surface area contributed by atoms with Crippen LogP contribution < -0.4 is 9.64 Å². The number of anilines is 1. The van der Waals surface area contributed by atoms with Crippen LogP contribution in [0.5, 0.6) is 11.5 Å². The van der Waals surface area contributed by atoms with Crippen molar-refractivity contribution in [2.24, 2.45) is 4.99 Å². The lowest BCUT2D eigenvalue weighted by molar-refractivity contribution is -0.0213. The van der Waals surface area contributed by atoms with Crippen LogP contribution in [0.15, 0.2) is 83.9 Å². The molecule has 330 valence electrons. The number of aliphatic imine (C=N–C) groups is 1. The van der Waals surface area contributed by atoms with E-state index in [0.29, 0.717) is 59.9 Å². The summed E-state index contributed by atoms with van der Waals surface area (Å²) in [4.78, 5) is 11.2. The van der Waals surface area contributed by atoms with Gasteiger partial charge in [0.2, 0.25) is 0 Å². The van der Waals surface area contributed by atoms with E-state index in [0.717, 1.165) is 78.2 Å². The monoisotopic (exact) mass is 884 g/mol. The van der Waals surface area contributed by atoms with Crippen LogP contribution in [-0.2, 0) is 0 Å². The van der Waals surface area contributed by atoms with E-state index in [4.69, 9.17) is 9.73 Å². The predicted molar refractivity (Wildman–Crippen MR) is 245 cm³/mol. The number of hydrogen-bond donors (Lipinski definition) is 2. The number of phenolic OH excluding ortho intramolecular Hbond substituents is 1. The van der Waals surface area contributed by atoms with Gasteiger partial charge < -0.3 is 24.7 Å². The molecule has 4 aromatic carbocycles. The van der Waals surface area contributed by atoms with Crippen molar-refractivity contribution in [2.75, 3.05) is 37.6 Å². The molecular formula is C51H51F3N6O3S. The maximum Gasteiger partial charge on any atom is 0.162 e. The van der Waals surface area contributed by atoms with Crippen LogP contribution >= 0.6 is 11.3 Å². The Morgan fingerprint density at radius 2 is 1.48 bits per heavy atom. The fourth-order valence-corrected chi connectivity index (χ4v) is 11.4. The second-order valence-corrected chi connectivity index (χ2v) is 19.2. The molecule has 9 nitrogen and oxygen atoms in total. The van der Waals surface area contributed by atoms with Crippen LogP contribution in [0.2, 0.25) is 0 Å². The third-order valence-corrected chi connectivity index (χ3v) is 15.1. The summed E-state index contributed by atoms with van der Waals surface area (Å²) in [5, 5.41) is 32.0. The molecule has 0 amide bonds. The van der Waals surface area contributed by atoms with E-state index >= 15 is 8.78 Å². The second kappa shape index (κ2) is 16.3. The van der Waals surface area contributed by atoms with E-state index in [1.54, 1.807) is 24.3 Å². The van der Waals surface area contributed by atoms with Gasteiger partial charge in [0.25, 0.3) is 0 Å². The number of hydrogen-bond acceptors (Lipinski definition) is 9. The number of fused-ring (bicyclic) bond motifs is 4.